The number of nitrogens with one attached hydrogen (secondary N) is 1. The van der Waals surface area contributed by atoms with Crippen molar-refractivity contribution in [1.29, 1.82) is 5.26 Å². The smallest absolute Gasteiger partial charge is 0.251 e. The third kappa shape index (κ3) is 3.80. The van der Waals surface area contributed by atoms with E-state index < -0.39 is 0 Å². The predicted octanol–water partition coefficient (Wildman–Crippen LogP) is 2.03. The number of hydrogen-bond acceptors (Lipinski definition) is 4. The summed E-state index contributed by atoms with van der Waals surface area (Å²) in [5.41, 5.74) is 8.42. The first-order valence-corrected chi connectivity index (χ1v) is 6.66. The van der Waals surface area contributed by atoms with Gasteiger partial charge in [-0.2, -0.15) is 5.26 Å². The molecule has 0 unspecified atom stereocenters. The third-order valence-corrected chi connectivity index (χ3v) is 3.03. The van der Waals surface area contributed by atoms with Crippen molar-refractivity contribution in [3.8, 4) is 6.07 Å². The number of nitriles is 1. The number of carbonyl (C=O) groups excluding carboxylic acids is 1. The summed E-state index contributed by atoms with van der Waals surface area (Å²) < 4.78 is 0. The van der Waals surface area contributed by atoms with E-state index in [-0.39, 0.29) is 5.91 Å². The molecule has 0 bridgehead atoms. The molecule has 1 amide bonds. The number of nitrogens with two attached hydrogens (primary N) is 1. The normalized spacial score (nSPS) is 9.90. The van der Waals surface area contributed by atoms with Crippen LogP contribution in [-0.4, -0.2) is 10.9 Å². The SMILES string of the molecule is CCc1cc(C(=O)NCc2cccc(C#N)c2)cc(N)n1. The summed E-state index contributed by atoms with van der Waals surface area (Å²) in [6.45, 7) is 2.31. The summed E-state index contributed by atoms with van der Waals surface area (Å²) in [5, 5.41) is 11.7. The molecule has 0 radical (unpaired) electrons. The molecule has 0 fully saturated rings. The minimum Gasteiger partial charge on any atom is -0.384 e. The van der Waals surface area contributed by atoms with E-state index in [9.17, 15) is 4.79 Å². The molecular formula is C16H16N4O. The summed E-state index contributed by atoms with van der Waals surface area (Å²) in [5.74, 6) is 0.132. The fourth-order valence-electron chi connectivity index (χ4n) is 1.96. The van der Waals surface area contributed by atoms with Gasteiger partial charge in [-0.1, -0.05) is 19.1 Å². The van der Waals surface area contributed by atoms with Crippen LogP contribution >= 0.6 is 0 Å². The van der Waals surface area contributed by atoms with Crippen LogP contribution in [0, 0.1) is 11.3 Å². The van der Waals surface area contributed by atoms with Crippen LogP contribution in [-0.2, 0) is 13.0 Å². The van der Waals surface area contributed by atoms with E-state index in [1.807, 2.05) is 13.0 Å². The molecule has 1 heterocycles. The minimum absolute atomic E-state index is 0.207. The second kappa shape index (κ2) is 6.53. The van der Waals surface area contributed by atoms with Gasteiger partial charge < -0.3 is 11.1 Å². The van der Waals surface area contributed by atoms with Crippen molar-refractivity contribution in [2.75, 3.05) is 5.73 Å². The largest absolute Gasteiger partial charge is 0.384 e. The molecule has 0 aliphatic carbocycles. The molecule has 0 aliphatic heterocycles. The molecule has 5 heteroatoms. The zero-order chi connectivity index (χ0) is 15.2. The molecule has 0 atom stereocenters. The first-order valence-electron chi connectivity index (χ1n) is 6.66. The van der Waals surface area contributed by atoms with Gasteiger partial charge in [-0.3, -0.25) is 4.79 Å². The number of aryl methyl sites for hydroxylation is 1. The lowest BCUT2D eigenvalue weighted by Gasteiger charge is -2.07. The summed E-state index contributed by atoms with van der Waals surface area (Å²) in [6, 6.07) is 12.5. The lowest BCUT2D eigenvalue weighted by Crippen LogP contribution is -2.23. The number of benzene rings is 1. The highest BCUT2D eigenvalue weighted by atomic mass is 16.1. The number of nitrogens with zero attached hydrogens (tertiary/aromatic N) is 2. The van der Waals surface area contributed by atoms with Gasteiger partial charge in [0.15, 0.2) is 0 Å². The minimum atomic E-state index is -0.207. The molecule has 3 N–H and O–H groups in total. The Morgan fingerprint density at radius 2 is 2.19 bits per heavy atom. The van der Waals surface area contributed by atoms with Crippen LogP contribution in [0.2, 0.25) is 0 Å². The number of amides is 1. The Hall–Kier alpha value is -2.87. The van der Waals surface area contributed by atoms with Crippen molar-refractivity contribution in [1.82, 2.24) is 10.3 Å². The quantitative estimate of drug-likeness (QED) is 0.896. The van der Waals surface area contributed by atoms with Gasteiger partial charge in [0.25, 0.3) is 5.91 Å². The zero-order valence-electron chi connectivity index (χ0n) is 11.8. The molecule has 2 aromatic rings. The van der Waals surface area contributed by atoms with Crippen molar-refractivity contribution >= 4 is 11.7 Å². The maximum atomic E-state index is 12.1. The topological polar surface area (TPSA) is 91.8 Å². The van der Waals surface area contributed by atoms with Gasteiger partial charge in [0, 0.05) is 17.8 Å². The van der Waals surface area contributed by atoms with E-state index >= 15 is 0 Å². The number of pyridine rings is 1. The van der Waals surface area contributed by atoms with Crippen LogP contribution in [0.1, 0.15) is 34.1 Å². The molecule has 1 aromatic heterocycles. The monoisotopic (exact) mass is 280 g/mol. The summed E-state index contributed by atoms with van der Waals surface area (Å²) in [7, 11) is 0. The average Bonchev–Trinajstić information content (AvgIpc) is 2.52. The molecule has 21 heavy (non-hydrogen) atoms. The van der Waals surface area contributed by atoms with Gasteiger partial charge in [0.05, 0.1) is 11.6 Å². The highest BCUT2D eigenvalue weighted by Gasteiger charge is 2.08. The maximum Gasteiger partial charge on any atom is 0.251 e. The Morgan fingerprint density at radius 1 is 1.38 bits per heavy atom. The van der Waals surface area contributed by atoms with E-state index in [4.69, 9.17) is 11.0 Å². The van der Waals surface area contributed by atoms with E-state index in [2.05, 4.69) is 16.4 Å². The molecule has 5 nitrogen and oxygen atoms in total. The molecule has 0 spiro atoms. The van der Waals surface area contributed by atoms with Crippen LogP contribution in [0.3, 0.4) is 0 Å². The number of nitrogen functional groups attached to an aromatic ring is 1. The van der Waals surface area contributed by atoms with E-state index in [1.165, 1.54) is 0 Å². The highest BCUT2D eigenvalue weighted by molar-refractivity contribution is 5.94. The van der Waals surface area contributed by atoms with Gasteiger partial charge in [-0.15, -0.1) is 0 Å². The highest BCUT2D eigenvalue weighted by Crippen LogP contribution is 2.09. The van der Waals surface area contributed by atoms with Crippen LogP contribution in [0.5, 0.6) is 0 Å². The van der Waals surface area contributed by atoms with Gasteiger partial charge >= 0.3 is 0 Å². The van der Waals surface area contributed by atoms with E-state index in [1.54, 1.807) is 30.3 Å². The first-order chi connectivity index (χ1) is 10.1. The third-order valence-electron chi connectivity index (χ3n) is 3.03. The van der Waals surface area contributed by atoms with Crippen LogP contribution in [0.15, 0.2) is 36.4 Å². The van der Waals surface area contributed by atoms with Crippen molar-refractivity contribution < 1.29 is 4.79 Å². The predicted molar refractivity (Wildman–Crippen MR) is 80.4 cm³/mol. The van der Waals surface area contributed by atoms with Crippen LogP contribution in [0.25, 0.3) is 0 Å². The Labute approximate surface area is 123 Å². The Kier molecular flexibility index (Phi) is 4.52. The standard InChI is InChI=1S/C16H16N4O/c1-2-14-7-13(8-15(18)20-14)16(21)19-10-12-5-3-4-11(6-12)9-17/h3-8H,2,10H2,1H3,(H2,18,20)(H,19,21). The van der Waals surface area contributed by atoms with Gasteiger partial charge in [-0.25, -0.2) is 4.98 Å². The van der Waals surface area contributed by atoms with Crippen LogP contribution < -0.4 is 11.1 Å². The van der Waals surface area contributed by atoms with Gasteiger partial charge in [-0.05, 0) is 36.2 Å². The van der Waals surface area contributed by atoms with Crippen molar-refractivity contribution in [2.24, 2.45) is 0 Å². The second-order valence-electron chi connectivity index (χ2n) is 4.62. The molecule has 2 rings (SSSR count). The fraction of sp³-hybridized carbons (Fsp3) is 0.188. The number of aromatic nitrogens is 1. The lowest BCUT2D eigenvalue weighted by molar-refractivity contribution is 0.0950. The zero-order valence-corrected chi connectivity index (χ0v) is 11.8. The maximum absolute atomic E-state index is 12.1. The van der Waals surface area contributed by atoms with E-state index in [0.717, 1.165) is 17.7 Å². The fourth-order valence-corrected chi connectivity index (χ4v) is 1.96. The number of hydrogen-bond donors (Lipinski definition) is 2. The second-order valence-corrected chi connectivity index (χ2v) is 4.62. The lowest BCUT2D eigenvalue weighted by atomic mass is 10.1. The van der Waals surface area contributed by atoms with Crippen molar-refractivity contribution in [2.45, 2.75) is 19.9 Å². The molecule has 106 valence electrons. The summed E-state index contributed by atoms with van der Waals surface area (Å²) >= 11 is 0. The Bertz CT molecular complexity index is 704. The first kappa shape index (κ1) is 14.5. The molecular weight excluding hydrogens is 264 g/mol. The number of rotatable bonds is 4. The van der Waals surface area contributed by atoms with Crippen molar-refractivity contribution in [3.63, 3.8) is 0 Å². The van der Waals surface area contributed by atoms with Crippen molar-refractivity contribution in [3.05, 3.63) is 58.8 Å². The summed E-state index contributed by atoms with van der Waals surface area (Å²) in [6.07, 6.45) is 0.718. The molecule has 1 aromatic carbocycles. The van der Waals surface area contributed by atoms with Gasteiger partial charge in [0.1, 0.15) is 5.82 Å². The molecule has 0 saturated carbocycles. The number of anilines is 1. The van der Waals surface area contributed by atoms with Gasteiger partial charge in [0.2, 0.25) is 0 Å². The van der Waals surface area contributed by atoms with Crippen LogP contribution in [0.4, 0.5) is 5.82 Å². The average molecular weight is 280 g/mol. The molecule has 0 saturated heterocycles. The summed E-state index contributed by atoms with van der Waals surface area (Å²) in [4.78, 5) is 16.3. The van der Waals surface area contributed by atoms with E-state index in [0.29, 0.717) is 23.5 Å². The molecule has 0 aliphatic rings. The number of carbonyl (C=O) groups is 1. The Balaban J connectivity index is 2.08. The Morgan fingerprint density at radius 3 is 2.90 bits per heavy atom.